The first kappa shape index (κ1) is 23.9. The second-order valence-electron chi connectivity index (χ2n) is 9.36. The molecule has 3 aromatic rings. The van der Waals surface area contributed by atoms with Gasteiger partial charge in [-0.3, -0.25) is 24.2 Å². The minimum atomic E-state index is -0.289. The molecule has 184 valence electrons. The molecule has 36 heavy (non-hydrogen) atoms. The summed E-state index contributed by atoms with van der Waals surface area (Å²) in [7, 11) is 0. The van der Waals surface area contributed by atoms with Gasteiger partial charge in [0.05, 0.1) is 30.4 Å². The van der Waals surface area contributed by atoms with Crippen molar-refractivity contribution in [3.63, 3.8) is 0 Å². The third kappa shape index (κ3) is 5.22. The maximum atomic E-state index is 12.7. The Kier molecular flexibility index (Phi) is 6.93. The molecule has 3 amide bonds. The van der Waals surface area contributed by atoms with E-state index in [2.05, 4.69) is 29.3 Å². The van der Waals surface area contributed by atoms with Crippen molar-refractivity contribution in [3.05, 3.63) is 106 Å². The Bertz CT molecular complexity index is 1250. The average molecular weight is 484 g/mol. The highest BCUT2D eigenvalue weighted by molar-refractivity contribution is 6.21. The van der Waals surface area contributed by atoms with Crippen LogP contribution in [0.2, 0.25) is 0 Å². The van der Waals surface area contributed by atoms with Crippen molar-refractivity contribution in [2.24, 2.45) is 0 Å². The SMILES string of the molecule is CC1CN(Cc2cccc(CNC(=O)c3ccc(CN4C(=O)c5ccccc5C4=O)cc3)c2)CCO1. The molecule has 0 spiro atoms. The van der Waals surface area contributed by atoms with Gasteiger partial charge in [-0.2, -0.15) is 0 Å². The van der Waals surface area contributed by atoms with Crippen LogP contribution >= 0.6 is 0 Å². The molecular weight excluding hydrogens is 454 g/mol. The Morgan fingerprint density at radius 2 is 1.58 bits per heavy atom. The summed E-state index contributed by atoms with van der Waals surface area (Å²) in [5, 5.41) is 2.98. The Labute approximate surface area is 210 Å². The molecule has 0 bridgehead atoms. The number of hydrogen-bond acceptors (Lipinski definition) is 5. The molecule has 1 unspecified atom stereocenters. The van der Waals surface area contributed by atoms with Gasteiger partial charge >= 0.3 is 0 Å². The number of hydrogen-bond donors (Lipinski definition) is 1. The Balaban J connectivity index is 1.16. The van der Waals surface area contributed by atoms with Crippen molar-refractivity contribution in [2.45, 2.75) is 32.7 Å². The third-order valence-electron chi connectivity index (χ3n) is 6.61. The number of rotatable bonds is 7. The molecule has 3 aromatic carbocycles. The Morgan fingerprint density at radius 1 is 0.889 bits per heavy atom. The van der Waals surface area contributed by atoms with E-state index in [9.17, 15) is 14.4 Å². The van der Waals surface area contributed by atoms with Gasteiger partial charge in [-0.25, -0.2) is 0 Å². The summed E-state index contributed by atoms with van der Waals surface area (Å²) in [6.07, 6.45) is 0.250. The van der Waals surface area contributed by atoms with Crippen LogP contribution in [0.15, 0.2) is 72.8 Å². The number of amides is 3. The molecule has 0 aromatic heterocycles. The van der Waals surface area contributed by atoms with Gasteiger partial charge in [0.25, 0.3) is 17.7 Å². The summed E-state index contributed by atoms with van der Waals surface area (Å²) < 4.78 is 5.62. The van der Waals surface area contributed by atoms with E-state index >= 15 is 0 Å². The van der Waals surface area contributed by atoms with E-state index in [0.29, 0.717) is 23.2 Å². The summed E-state index contributed by atoms with van der Waals surface area (Å²) in [6.45, 7) is 6.16. The van der Waals surface area contributed by atoms with E-state index in [0.717, 1.165) is 37.4 Å². The van der Waals surface area contributed by atoms with Crippen molar-refractivity contribution >= 4 is 17.7 Å². The number of nitrogens with zero attached hydrogens (tertiary/aromatic N) is 2. The van der Waals surface area contributed by atoms with Gasteiger partial charge in [0.1, 0.15) is 0 Å². The summed E-state index contributed by atoms with van der Waals surface area (Å²) in [5.74, 6) is -0.750. The number of nitrogens with one attached hydrogen (secondary N) is 1. The maximum Gasteiger partial charge on any atom is 0.261 e. The van der Waals surface area contributed by atoms with Gasteiger partial charge in [-0.05, 0) is 47.9 Å². The van der Waals surface area contributed by atoms with Gasteiger partial charge in [0.2, 0.25) is 0 Å². The number of ether oxygens (including phenoxy) is 1. The van der Waals surface area contributed by atoms with Crippen molar-refractivity contribution in [1.29, 1.82) is 0 Å². The molecule has 5 rings (SSSR count). The quantitative estimate of drug-likeness (QED) is 0.519. The lowest BCUT2D eigenvalue weighted by Crippen LogP contribution is -2.40. The molecule has 1 N–H and O–H groups in total. The van der Waals surface area contributed by atoms with Gasteiger partial charge in [0.15, 0.2) is 0 Å². The predicted octanol–water partition coefficient (Wildman–Crippen LogP) is 3.63. The van der Waals surface area contributed by atoms with Crippen molar-refractivity contribution in [1.82, 2.24) is 15.1 Å². The third-order valence-corrected chi connectivity index (χ3v) is 6.61. The van der Waals surface area contributed by atoms with Gasteiger partial charge < -0.3 is 10.1 Å². The lowest BCUT2D eigenvalue weighted by molar-refractivity contribution is -0.0212. The second kappa shape index (κ2) is 10.4. The van der Waals surface area contributed by atoms with Crippen LogP contribution in [0, 0.1) is 0 Å². The van der Waals surface area contributed by atoms with E-state index in [1.54, 1.807) is 48.5 Å². The molecule has 2 heterocycles. The lowest BCUT2D eigenvalue weighted by Gasteiger charge is -2.31. The van der Waals surface area contributed by atoms with E-state index in [-0.39, 0.29) is 30.4 Å². The van der Waals surface area contributed by atoms with Crippen LogP contribution in [0.3, 0.4) is 0 Å². The molecule has 0 saturated carbocycles. The number of carbonyl (C=O) groups is 3. The maximum absolute atomic E-state index is 12.7. The van der Waals surface area contributed by atoms with E-state index in [1.807, 2.05) is 12.1 Å². The fraction of sp³-hybridized carbons (Fsp3) is 0.276. The Hall–Kier alpha value is -3.81. The smallest absolute Gasteiger partial charge is 0.261 e. The standard InChI is InChI=1S/C29H29N3O4/c1-20-17-31(13-14-36-20)18-23-6-4-5-22(15-23)16-30-27(33)24-11-9-21(10-12-24)19-32-28(34)25-7-2-3-8-26(25)29(32)35/h2-12,15,20H,13-14,16-19H2,1H3,(H,30,33). The Morgan fingerprint density at radius 3 is 2.28 bits per heavy atom. The van der Waals surface area contributed by atoms with Crippen LogP contribution in [0.1, 0.15) is 54.7 Å². The first-order valence-electron chi connectivity index (χ1n) is 12.2. The fourth-order valence-corrected chi connectivity index (χ4v) is 4.74. The molecular formula is C29H29N3O4. The van der Waals surface area contributed by atoms with Crippen LogP contribution in [-0.2, 0) is 24.4 Å². The first-order chi connectivity index (χ1) is 17.5. The lowest BCUT2D eigenvalue weighted by atomic mass is 10.1. The second-order valence-corrected chi connectivity index (χ2v) is 9.36. The normalized spacial score (nSPS) is 17.8. The minimum Gasteiger partial charge on any atom is -0.376 e. The first-order valence-corrected chi connectivity index (χ1v) is 12.2. The van der Waals surface area contributed by atoms with E-state index in [4.69, 9.17) is 4.74 Å². The minimum absolute atomic E-state index is 0.170. The van der Waals surface area contributed by atoms with Gasteiger partial charge in [-0.1, -0.05) is 48.5 Å². The number of benzene rings is 3. The molecule has 7 heteroatoms. The monoisotopic (exact) mass is 483 g/mol. The zero-order valence-corrected chi connectivity index (χ0v) is 20.3. The molecule has 0 radical (unpaired) electrons. The van der Waals surface area contributed by atoms with Crippen molar-refractivity contribution in [3.8, 4) is 0 Å². The zero-order valence-electron chi connectivity index (χ0n) is 20.3. The molecule has 2 aliphatic rings. The highest BCUT2D eigenvalue weighted by Crippen LogP contribution is 2.24. The van der Waals surface area contributed by atoms with Gasteiger partial charge in [0, 0.05) is 31.7 Å². The predicted molar refractivity (Wildman–Crippen MR) is 135 cm³/mol. The van der Waals surface area contributed by atoms with Gasteiger partial charge in [-0.15, -0.1) is 0 Å². The summed E-state index contributed by atoms with van der Waals surface area (Å²) in [4.78, 5) is 41.5. The zero-order chi connectivity index (χ0) is 25.1. The molecule has 7 nitrogen and oxygen atoms in total. The summed E-state index contributed by atoms with van der Waals surface area (Å²) >= 11 is 0. The molecule has 1 atom stereocenters. The van der Waals surface area contributed by atoms with E-state index < -0.39 is 0 Å². The molecule has 1 fully saturated rings. The molecule has 0 aliphatic carbocycles. The van der Waals surface area contributed by atoms with Crippen LogP contribution in [0.5, 0.6) is 0 Å². The van der Waals surface area contributed by atoms with Crippen LogP contribution < -0.4 is 5.32 Å². The summed E-state index contributed by atoms with van der Waals surface area (Å²) in [6, 6.07) is 22.1. The van der Waals surface area contributed by atoms with Crippen LogP contribution in [0.25, 0.3) is 0 Å². The summed E-state index contributed by atoms with van der Waals surface area (Å²) in [5.41, 5.74) is 4.44. The van der Waals surface area contributed by atoms with E-state index in [1.165, 1.54) is 10.5 Å². The number of imide groups is 1. The van der Waals surface area contributed by atoms with Crippen LogP contribution in [0.4, 0.5) is 0 Å². The largest absolute Gasteiger partial charge is 0.376 e. The number of carbonyl (C=O) groups excluding carboxylic acids is 3. The van der Waals surface area contributed by atoms with Crippen molar-refractivity contribution in [2.75, 3.05) is 19.7 Å². The topological polar surface area (TPSA) is 79.0 Å². The molecule has 2 aliphatic heterocycles. The highest BCUT2D eigenvalue weighted by atomic mass is 16.5. The highest BCUT2D eigenvalue weighted by Gasteiger charge is 2.34. The van der Waals surface area contributed by atoms with Crippen LogP contribution in [-0.4, -0.2) is 53.3 Å². The number of morpholine rings is 1. The molecule has 1 saturated heterocycles. The van der Waals surface area contributed by atoms with Crippen molar-refractivity contribution < 1.29 is 19.1 Å². The number of fused-ring (bicyclic) bond motifs is 1. The average Bonchev–Trinajstić information content (AvgIpc) is 3.13. The fourth-order valence-electron chi connectivity index (χ4n) is 4.74.